The van der Waals surface area contributed by atoms with Crippen molar-refractivity contribution in [2.45, 2.75) is 67.7 Å². The van der Waals surface area contributed by atoms with E-state index in [2.05, 4.69) is 84.9 Å². The minimum atomic E-state index is -0.125. The van der Waals surface area contributed by atoms with E-state index in [1.165, 1.54) is 42.2 Å². The van der Waals surface area contributed by atoms with Gasteiger partial charge in [-0.05, 0) is 62.9 Å². The number of pyridine rings is 1. The molecule has 0 spiro atoms. The number of aliphatic hydroxyl groups is 1. The van der Waals surface area contributed by atoms with Crippen LogP contribution >= 0.6 is 0 Å². The fourth-order valence-corrected chi connectivity index (χ4v) is 4.35. The third kappa shape index (κ3) is 7.74. The van der Waals surface area contributed by atoms with Crippen LogP contribution in [0.2, 0.25) is 0 Å². The molecular weight excluding hydrogens is 639 g/mol. The number of aryl methyl sites for hydroxylation is 4. The van der Waals surface area contributed by atoms with Crippen LogP contribution in [0.15, 0.2) is 58.7 Å². The van der Waals surface area contributed by atoms with Crippen molar-refractivity contribution in [1.29, 1.82) is 0 Å². The van der Waals surface area contributed by atoms with Crippen LogP contribution in [0.3, 0.4) is 0 Å². The third-order valence-electron chi connectivity index (χ3n) is 5.85. The van der Waals surface area contributed by atoms with Gasteiger partial charge in [-0.3, -0.25) is 9.78 Å². The molecule has 2 aromatic heterocycles. The molecule has 0 atom stereocenters. The molecule has 1 radical (unpaired) electrons. The number of furan rings is 1. The van der Waals surface area contributed by atoms with E-state index in [-0.39, 0.29) is 37.1 Å². The van der Waals surface area contributed by atoms with Crippen molar-refractivity contribution in [3.8, 4) is 22.6 Å². The Morgan fingerprint density at radius 2 is 1.59 bits per heavy atom. The monoisotopic (exact) mass is 675 g/mol. The second-order valence-electron chi connectivity index (χ2n) is 10.6. The predicted molar refractivity (Wildman–Crippen MR) is 148 cm³/mol. The zero-order valence-corrected chi connectivity index (χ0v) is 25.6. The molecule has 0 saturated carbocycles. The standard InChI is InChI=1S/C27H28NO.C5H8O2.Ir/c1-16-10-18(3)26(19(4)11-16)25-15-23-24(29-25)9-8-22(28-23)20-12-17(2)13-21(14-20)27(5,6)7;1-4(6)3-5(2)7;/h8-11,13-15H,1-7H3;3,6H,1-2H3;/q-1;;/b;4-3-;. The van der Waals surface area contributed by atoms with Gasteiger partial charge < -0.3 is 9.52 Å². The zero-order chi connectivity index (χ0) is 26.8. The summed E-state index contributed by atoms with van der Waals surface area (Å²) in [4.78, 5) is 14.9. The molecule has 0 aliphatic rings. The SMILES string of the molecule is CC(=O)/C=C(/C)O.Cc1[c-]c(-c2ccc3oc(-c4c(C)cc(C)cc4C)cc3n2)cc(C(C)(C)C)c1.[Ir]. The maximum absolute atomic E-state index is 10.0. The Hall–Kier alpha value is -3.01. The number of hydrogen-bond acceptors (Lipinski definition) is 4. The van der Waals surface area contributed by atoms with E-state index in [0.29, 0.717) is 0 Å². The molecule has 1 N–H and O–H groups in total. The zero-order valence-electron chi connectivity index (χ0n) is 23.2. The van der Waals surface area contributed by atoms with E-state index in [9.17, 15) is 4.79 Å². The van der Waals surface area contributed by atoms with Crippen molar-refractivity contribution in [2.24, 2.45) is 0 Å². The van der Waals surface area contributed by atoms with Gasteiger partial charge in [0.1, 0.15) is 5.76 Å². The van der Waals surface area contributed by atoms with E-state index in [4.69, 9.17) is 14.5 Å². The van der Waals surface area contributed by atoms with Gasteiger partial charge in [0.25, 0.3) is 0 Å². The van der Waals surface area contributed by atoms with Gasteiger partial charge in [0.2, 0.25) is 0 Å². The van der Waals surface area contributed by atoms with Gasteiger partial charge in [0, 0.05) is 37.8 Å². The third-order valence-corrected chi connectivity index (χ3v) is 5.85. The van der Waals surface area contributed by atoms with E-state index in [1.54, 1.807) is 0 Å². The summed E-state index contributed by atoms with van der Waals surface area (Å²) in [6.07, 6.45) is 1.17. The van der Waals surface area contributed by atoms with Crippen molar-refractivity contribution in [3.05, 3.63) is 88.2 Å². The molecule has 4 nitrogen and oxygen atoms in total. The molecule has 2 aromatic carbocycles. The Bertz CT molecular complexity index is 1430. The smallest absolute Gasteiger partial charge is 0.155 e. The normalized spacial score (nSPS) is 11.5. The van der Waals surface area contributed by atoms with Crippen molar-refractivity contribution >= 4 is 16.9 Å². The molecule has 0 saturated heterocycles. The molecular formula is C32H36IrNO3-. The van der Waals surface area contributed by atoms with Crippen LogP contribution in [0.5, 0.6) is 0 Å². The van der Waals surface area contributed by atoms with Crippen molar-refractivity contribution in [1.82, 2.24) is 4.98 Å². The second kappa shape index (κ2) is 12.0. The maximum atomic E-state index is 10.0. The summed E-state index contributed by atoms with van der Waals surface area (Å²) in [6.45, 7) is 18.0. The first-order chi connectivity index (χ1) is 16.7. The Labute approximate surface area is 234 Å². The summed E-state index contributed by atoms with van der Waals surface area (Å²) in [5.74, 6) is 0.816. The summed E-state index contributed by atoms with van der Waals surface area (Å²) in [5.41, 5.74) is 11.0. The molecule has 0 amide bonds. The number of aromatic nitrogens is 1. The number of ketones is 1. The number of hydrogen-bond donors (Lipinski definition) is 1. The van der Waals surface area contributed by atoms with Gasteiger partial charge in [0.15, 0.2) is 11.4 Å². The summed E-state index contributed by atoms with van der Waals surface area (Å²) < 4.78 is 6.18. The molecule has 0 aliphatic carbocycles. The Balaban J connectivity index is 0.000000532. The largest absolute Gasteiger partial charge is 0.512 e. The molecule has 0 unspecified atom stereocenters. The van der Waals surface area contributed by atoms with Crippen LogP contribution in [0.4, 0.5) is 0 Å². The minimum Gasteiger partial charge on any atom is -0.512 e. The van der Waals surface area contributed by atoms with Gasteiger partial charge in [-0.25, -0.2) is 0 Å². The number of benzene rings is 2. The number of aliphatic hydroxyl groups excluding tert-OH is 1. The predicted octanol–water partition coefficient (Wildman–Crippen LogP) is 8.53. The van der Waals surface area contributed by atoms with Crippen molar-refractivity contribution in [3.63, 3.8) is 0 Å². The fourth-order valence-electron chi connectivity index (χ4n) is 4.35. The van der Waals surface area contributed by atoms with Gasteiger partial charge in [-0.1, -0.05) is 51.5 Å². The number of carbonyl (C=O) groups excluding carboxylic acids is 1. The van der Waals surface area contributed by atoms with Gasteiger partial charge in [-0.2, -0.15) is 0 Å². The van der Waals surface area contributed by atoms with Gasteiger partial charge in [-0.15, -0.1) is 34.9 Å². The number of carbonyl (C=O) groups is 1. The average molecular weight is 675 g/mol. The Morgan fingerprint density at radius 1 is 0.973 bits per heavy atom. The molecule has 5 heteroatoms. The summed E-state index contributed by atoms with van der Waals surface area (Å²) >= 11 is 0. The second-order valence-corrected chi connectivity index (χ2v) is 10.6. The molecule has 4 aromatic rings. The van der Waals surface area contributed by atoms with E-state index in [1.807, 2.05) is 12.1 Å². The van der Waals surface area contributed by atoms with E-state index in [0.717, 1.165) is 39.2 Å². The van der Waals surface area contributed by atoms with Crippen LogP contribution < -0.4 is 0 Å². The summed E-state index contributed by atoms with van der Waals surface area (Å²) in [5, 5.41) is 8.36. The van der Waals surface area contributed by atoms with Crippen molar-refractivity contribution in [2.75, 3.05) is 0 Å². The summed E-state index contributed by atoms with van der Waals surface area (Å²) in [6, 6.07) is 18.4. The maximum Gasteiger partial charge on any atom is 0.155 e. The average Bonchev–Trinajstić information content (AvgIpc) is 3.14. The molecule has 4 rings (SSSR count). The number of rotatable bonds is 3. The molecule has 0 aliphatic heterocycles. The molecule has 2 heterocycles. The molecule has 37 heavy (non-hydrogen) atoms. The number of allylic oxidation sites excluding steroid dienone is 2. The van der Waals surface area contributed by atoms with Crippen LogP contribution in [-0.2, 0) is 30.3 Å². The topological polar surface area (TPSA) is 63.3 Å². The van der Waals surface area contributed by atoms with E-state index < -0.39 is 0 Å². The summed E-state index contributed by atoms with van der Waals surface area (Å²) in [7, 11) is 0. The van der Waals surface area contributed by atoms with Gasteiger partial charge in [0.05, 0.1) is 11.3 Å². The van der Waals surface area contributed by atoms with E-state index >= 15 is 0 Å². The van der Waals surface area contributed by atoms with Crippen LogP contribution in [0.1, 0.15) is 62.4 Å². The van der Waals surface area contributed by atoms with Crippen LogP contribution in [0, 0.1) is 33.8 Å². The Kier molecular flexibility index (Phi) is 9.82. The first-order valence-electron chi connectivity index (χ1n) is 12.2. The van der Waals surface area contributed by atoms with Gasteiger partial charge >= 0.3 is 0 Å². The van der Waals surface area contributed by atoms with Crippen LogP contribution in [0.25, 0.3) is 33.7 Å². The van der Waals surface area contributed by atoms with Crippen molar-refractivity contribution < 1.29 is 34.4 Å². The first kappa shape index (κ1) is 30.2. The fraction of sp³-hybridized carbons (Fsp3) is 0.312. The first-order valence-corrected chi connectivity index (χ1v) is 12.2. The quantitative estimate of drug-likeness (QED) is 0.135. The van der Waals surface area contributed by atoms with Crippen LogP contribution in [-0.4, -0.2) is 15.9 Å². The number of fused-ring (bicyclic) bond motifs is 1. The molecule has 0 fully saturated rings. The molecule has 197 valence electrons. The molecule has 0 bridgehead atoms. The Morgan fingerprint density at radius 3 is 2.11 bits per heavy atom. The number of nitrogens with zero attached hydrogens (tertiary/aromatic N) is 1. The minimum absolute atomic E-state index is 0.